The molecule has 0 aromatic heterocycles. The van der Waals surface area contributed by atoms with E-state index in [9.17, 15) is 43.5 Å². The molecule has 0 radical (unpaired) electrons. The van der Waals surface area contributed by atoms with Crippen molar-refractivity contribution in [3.8, 4) is 0 Å². The van der Waals surface area contributed by atoms with Crippen molar-refractivity contribution in [3.63, 3.8) is 0 Å². The molecule has 0 aliphatic carbocycles. The fourth-order valence-corrected chi connectivity index (χ4v) is 12.8. The van der Waals surface area contributed by atoms with E-state index in [1.54, 1.807) is 0 Å². The first-order chi connectivity index (χ1) is 54.2. The second-order valence-corrected chi connectivity index (χ2v) is 31.1. The van der Waals surface area contributed by atoms with Gasteiger partial charge in [0.15, 0.2) is 6.10 Å². The van der Waals surface area contributed by atoms with Crippen LogP contribution in [0.15, 0.2) is 182 Å². The Labute approximate surface area is 675 Å². The molecule has 0 aliphatic heterocycles. The number of phosphoric acid groups is 2. The van der Waals surface area contributed by atoms with Crippen LogP contribution in [-0.4, -0.2) is 95.9 Å². The second kappa shape index (κ2) is 84.1. The number of unbranched alkanes of at least 4 members (excludes halogenated alkanes) is 27. The molecule has 632 valence electrons. The van der Waals surface area contributed by atoms with Gasteiger partial charge in [-0.05, 0) is 154 Å². The molecule has 0 aromatic rings. The van der Waals surface area contributed by atoms with Crippen LogP contribution < -0.4 is 0 Å². The number of allylic oxidation sites excluding steroid dienone is 30. The van der Waals surface area contributed by atoms with Crippen LogP contribution in [0.2, 0.25) is 0 Å². The fraction of sp³-hybridized carbons (Fsp3) is 0.645. The number of esters is 3. The summed E-state index contributed by atoms with van der Waals surface area (Å²) in [5.41, 5.74) is 0. The van der Waals surface area contributed by atoms with Crippen LogP contribution >= 0.6 is 15.6 Å². The van der Waals surface area contributed by atoms with Gasteiger partial charge in [-0.2, -0.15) is 0 Å². The minimum atomic E-state index is -4.95. The summed E-state index contributed by atoms with van der Waals surface area (Å²) in [6, 6.07) is 0. The second-order valence-electron chi connectivity index (χ2n) is 28.2. The van der Waals surface area contributed by atoms with Crippen molar-refractivity contribution >= 4 is 33.6 Å². The van der Waals surface area contributed by atoms with Crippen LogP contribution in [0.4, 0.5) is 0 Å². The molecule has 0 rings (SSSR count). The number of hydrogen-bond donors (Lipinski definition) is 4. The van der Waals surface area contributed by atoms with Crippen LogP contribution in [0.3, 0.4) is 0 Å². The van der Waals surface area contributed by atoms with E-state index in [0.29, 0.717) is 19.3 Å². The summed E-state index contributed by atoms with van der Waals surface area (Å²) in [5.74, 6) is -1.62. The Morgan fingerprint density at radius 2 is 0.450 bits per heavy atom. The van der Waals surface area contributed by atoms with Gasteiger partial charge in [0.25, 0.3) is 0 Å². The lowest BCUT2D eigenvalue weighted by Crippen LogP contribution is -2.30. The summed E-state index contributed by atoms with van der Waals surface area (Å²) in [6.45, 7) is 2.30. The topological polar surface area (TPSA) is 231 Å². The summed E-state index contributed by atoms with van der Waals surface area (Å²) in [4.78, 5) is 58.8. The average molecular weight is 1590 g/mol. The quantitative estimate of drug-likeness (QED) is 0.0146. The first kappa shape index (κ1) is 106. The highest BCUT2D eigenvalue weighted by Crippen LogP contribution is 2.45. The maximum atomic E-state index is 13.0. The zero-order valence-corrected chi connectivity index (χ0v) is 71.1. The van der Waals surface area contributed by atoms with Crippen molar-refractivity contribution in [2.45, 2.75) is 347 Å². The number of ether oxygens (including phenoxy) is 3. The predicted molar refractivity (Wildman–Crippen MR) is 463 cm³/mol. The SMILES string of the molecule is CC/C=C\C/C=C\C/C=C\C/C=C\C/C=C\C/C=C\CCCCCCCCC(=O)OCC(COP(=O)(O)OCC(O)COP(=O)(O)OCC(O)COC(=O)CCCCCCCCCCCCCCCCCCC/C=C\C/C=C\C/C=C\C/C=C\C/C=C\CC)OC(=O)CCCCCC/C=C\C/C=C\C/C=C\C/C=C\CC. The van der Waals surface area contributed by atoms with E-state index in [0.717, 1.165) is 180 Å². The molecule has 0 amide bonds. The molecular formula is C93H154O16P2. The van der Waals surface area contributed by atoms with Gasteiger partial charge in [-0.3, -0.25) is 32.5 Å². The Hall–Kier alpha value is -5.35. The Bertz CT molecular complexity index is 2750. The van der Waals surface area contributed by atoms with E-state index >= 15 is 0 Å². The number of aliphatic hydroxyl groups is 2. The molecule has 0 fully saturated rings. The highest BCUT2D eigenvalue weighted by atomic mass is 31.2. The first-order valence-electron chi connectivity index (χ1n) is 43.1. The number of rotatable bonds is 80. The third-order valence-electron chi connectivity index (χ3n) is 17.6. The van der Waals surface area contributed by atoms with E-state index < -0.39 is 91.5 Å². The molecule has 5 atom stereocenters. The van der Waals surface area contributed by atoms with Crippen molar-refractivity contribution in [2.75, 3.05) is 39.6 Å². The van der Waals surface area contributed by atoms with E-state index in [-0.39, 0.29) is 19.3 Å². The summed E-state index contributed by atoms with van der Waals surface area (Å²) < 4.78 is 61.3. The van der Waals surface area contributed by atoms with Crippen molar-refractivity contribution < 1.29 is 75.8 Å². The largest absolute Gasteiger partial charge is 0.472 e. The fourth-order valence-electron chi connectivity index (χ4n) is 11.2. The van der Waals surface area contributed by atoms with Gasteiger partial charge < -0.3 is 34.2 Å². The summed E-state index contributed by atoms with van der Waals surface area (Å²) in [5, 5.41) is 20.7. The molecule has 0 bridgehead atoms. The smallest absolute Gasteiger partial charge is 0.463 e. The van der Waals surface area contributed by atoms with Crippen LogP contribution in [-0.2, 0) is 55.8 Å². The number of aliphatic hydroxyl groups excluding tert-OH is 2. The molecule has 0 aliphatic rings. The van der Waals surface area contributed by atoms with Crippen molar-refractivity contribution in [2.24, 2.45) is 0 Å². The zero-order chi connectivity index (χ0) is 80.8. The first-order valence-corrected chi connectivity index (χ1v) is 46.1. The maximum Gasteiger partial charge on any atom is 0.472 e. The molecule has 5 unspecified atom stereocenters. The van der Waals surface area contributed by atoms with Gasteiger partial charge in [-0.15, -0.1) is 0 Å². The molecule has 4 N–H and O–H groups in total. The van der Waals surface area contributed by atoms with Gasteiger partial charge in [0.2, 0.25) is 0 Å². The highest BCUT2D eigenvalue weighted by Gasteiger charge is 2.29. The third-order valence-corrected chi connectivity index (χ3v) is 19.5. The molecule has 18 heteroatoms. The summed E-state index contributed by atoms with van der Waals surface area (Å²) in [6.07, 6.45) is 109. The summed E-state index contributed by atoms with van der Waals surface area (Å²) in [7, 11) is -9.82. The molecule has 0 saturated carbocycles. The van der Waals surface area contributed by atoms with Crippen molar-refractivity contribution in [3.05, 3.63) is 182 Å². The van der Waals surface area contributed by atoms with Crippen LogP contribution in [0.5, 0.6) is 0 Å². The predicted octanol–water partition coefficient (Wildman–Crippen LogP) is 26.1. The third kappa shape index (κ3) is 85.4. The lowest BCUT2D eigenvalue weighted by atomic mass is 10.0. The number of hydrogen-bond acceptors (Lipinski definition) is 14. The van der Waals surface area contributed by atoms with Gasteiger partial charge in [-0.1, -0.05) is 338 Å². The van der Waals surface area contributed by atoms with Crippen LogP contribution in [0, 0.1) is 0 Å². The minimum Gasteiger partial charge on any atom is -0.463 e. The normalized spacial score (nSPS) is 14.8. The zero-order valence-electron chi connectivity index (χ0n) is 69.3. The van der Waals surface area contributed by atoms with E-state index in [1.165, 1.54) is 89.9 Å². The molecular weight excluding hydrogens is 1430 g/mol. The lowest BCUT2D eigenvalue weighted by Gasteiger charge is -2.21. The molecule has 0 aromatic carbocycles. The maximum absolute atomic E-state index is 13.0. The van der Waals surface area contributed by atoms with Crippen LogP contribution in [0.1, 0.15) is 329 Å². The van der Waals surface area contributed by atoms with Gasteiger partial charge in [0.05, 0.1) is 26.4 Å². The monoisotopic (exact) mass is 1590 g/mol. The standard InChI is InChI=1S/C93H154O16P2/c1-4-7-10-13-16-19-22-25-28-31-33-35-37-39-40-41-42-43-44-45-46-48-50-51-53-56-58-61-64-67-70-73-76-79-91(96)103-82-88(94)83-105-110(99,100)106-84-89(95)85-107-111(101,102)108-87-90(109-93(98)81-78-75-72-69-66-63-60-55-30-27-24-21-18-15-12-9-6-3)86-104-92(97)80-77-74-71-68-65-62-59-57-54-52-49-47-38-36-34-32-29-26-23-20-17-14-11-8-5-2/h7-12,16-21,25-30,33-36,39-40,47,49,54,57,60,63,88-90,94-95H,4-6,13-15,22-24,31-32,37-38,41-46,48,50-53,55-56,58-59,61-62,64-87H2,1-3H3,(H,99,100)(H,101,102)/b10-7-,11-8-,12-9-,19-16-,20-17-,21-18-,28-25-,29-26-,30-27-,35-33-,36-34-,40-39-,49-47-,57-54-,63-60-. The number of carbonyl (C=O) groups excluding carboxylic acids is 3. The number of carbonyl (C=O) groups is 3. The molecule has 111 heavy (non-hydrogen) atoms. The minimum absolute atomic E-state index is 0.0669. The highest BCUT2D eigenvalue weighted by molar-refractivity contribution is 7.47. The van der Waals surface area contributed by atoms with E-state index in [2.05, 4.69) is 203 Å². The van der Waals surface area contributed by atoms with E-state index in [1.807, 2.05) is 0 Å². The van der Waals surface area contributed by atoms with Gasteiger partial charge >= 0.3 is 33.6 Å². The summed E-state index contributed by atoms with van der Waals surface area (Å²) >= 11 is 0. The average Bonchev–Trinajstić information content (AvgIpc) is 0.903. The van der Waals surface area contributed by atoms with Gasteiger partial charge in [-0.25, -0.2) is 9.13 Å². The molecule has 0 heterocycles. The van der Waals surface area contributed by atoms with E-state index in [4.69, 9.17) is 32.3 Å². The van der Waals surface area contributed by atoms with Gasteiger partial charge in [0, 0.05) is 19.3 Å². The lowest BCUT2D eigenvalue weighted by molar-refractivity contribution is -0.161. The molecule has 16 nitrogen and oxygen atoms in total. The van der Waals surface area contributed by atoms with Crippen molar-refractivity contribution in [1.29, 1.82) is 0 Å². The Morgan fingerprint density at radius 1 is 0.252 bits per heavy atom. The van der Waals surface area contributed by atoms with Crippen LogP contribution in [0.25, 0.3) is 0 Å². The number of phosphoric ester groups is 2. The Balaban J connectivity index is 4.54. The molecule has 0 spiro atoms. The van der Waals surface area contributed by atoms with Gasteiger partial charge in [0.1, 0.15) is 25.4 Å². The van der Waals surface area contributed by atoms with Crippen molar-refractivity contribution in [1.82, 2.24) is 0 Å². The Kier molecular flexibility index (Phi) is 80.0. The Morgan fingerprint density at radius 3 is 0.712 bits per heavy atom. The molecule has 0 saturated heterocycles.